The molecule has 0 aromatic carbocycles. The number of hydrogen-bond donors (Lipinski definition) is 1. The summed E-state index contributed by atoms with van der Waals surface area (Å²) in [6.45, 7) is 5.24. The molecule has 0 radical (unpaired) electrons. The second-order valence-corrected chi connectivity index (χ2v) is 9.07. The number of carbonyl (C=O) groups excluding carboxylic acids is 2. The highest BCUT2D eigenvalue weighted by Crippen LogP contribution is 2.16. The second-order valence-electron chi connectivity index (χ2n) is 9.07. The van der Waals surface area contributed by atoms with E-state index in [9.17, 15) is 9.59 Å². The van der Waals surface area contributed by atoms with Gasteiger partial charge in [0.1, 0.15) is 5.76 Å². The zero-order valence-corrected chi connectivity index (χ0v) is 20.2. The Morgan fingerprint density at radius 3 is 2.28 bits per heavy atom. The lowest BCUT2D eigenvalue weighted by Gasteiger charge is -2.25. The summed E-state index contributed by atoms with van der Waals surface area (Å²) in [5.41, 5.74) is 0. The number of amides is 2. The standard InChI is InChI=1S/C25H43N3O4/c1-3-4-5-6-7-8-9-10-11-12-13-16-25(30)28(19-22-15-14-17-31-22)20-24(29)26-23-18-21(2)32-27-23/h18,22H,3-17,19-20H2,1-2H3,(H,26,27,29)/t22-/m0/s1. The van der Waals surface area contributed by atoms with Crippen molar-refractivity contribution in [3.8, 4) is 0 Å². The van der Waals surface area contributed by atoms with E-state index < -0.39 is 0 Å². The number of aromatic nitrogens is 1. The van der Waals surface area contributed by atoms with Crippen LogP contribution in [-0.4, -0.2) is 47.7 Å². The molecule has 0 bridgehead atoms. The molecule has 1 aromatic rings. The maximum atomic E-state index is 12.8. The number of nitrogens with one attached hydrogen (secondary N) is 1. The predicted molar refractivity (Wildman–Crippen MR) is 127 cm³/mol. The Balaban J connectivity index is 1.64. The Hall–Kier alpha value is -1.89. The number of anilines is 1. The van der Waals surface area contributed by atoms with Crippen molar-refractivity contribution in [2.75, 3.05) is 25.0 Å². The molecule has 32 heavy (non-hydrogen) atoms. The van der Waals surface area contributed by atoms with Crippen LogP contribution in [-0.2, 0) is 14.3 Å². The number of rotatable bonds is 17. The fourth-order valence-electron chi connectivity index (χ4n) is 4.17. The summed E-state index contributed by atoms with van der Waals surface area (Å²) in [5.74, 6) is 0.776. The molecule has 2 heterocycles. The monoisotopic (exact) mass is 449 g/mol. The van der Waals surface area contributed by atoms with Gasteiger partial charge in [0.2, 0.25) is 11.8 Å². The first-order valence-electron chi connectivity index (χ1n) is 12.7. The highest BCUT2D eigenvalue weighted by Gasteiger charge is 2.24. The van der Waals surface area contributed by atoms with Crippen LogP contribution in [0.25, 0.3) is 0 Å². The molecule has 7 nitrogen and oxygen atoms in total. The molecule has 1 saturated heterocycles. The van der Waals surface area contributed by atoms with Gasteiger partial charge >= 0.3 is 0 Å². The van der Waals surface area contributed by atoms with E-state index >= 15 is 0 Å². The quantitative estimate of drug-likeness (QED) is 0.312. The summed E-state index contributed by atoms with van der Waals surface area (Å²) in [6.07, 6.45) is 16.2. The van der Waals surface area contributed by atoms with Crippen LogP contribution in [0.2, 0.25) is 0 Å². The highest BCUT2D eigenvalue weighted by atomic mass is 16.5. The van der Waals surface area contributed by atoms with Crippen molar-refractivity contribution in [3.63, 3.8) is 0 Å². The molecule has 182 valence electrons. The van der Waals surface area contributed by atoms with Gasteiger partial charge < -0.3 is 19.5 Å². The van der Waals surface area contributed by atoms with Crippen molar-refractivity contribution in [3.05, 3.63) is 11.8 Å². The SMILES string of the molecule is CCCCCCCCCCCCCC(=O)N(CC(=O)Nc1cc(C)on1)C[C@@H]1CCCO1. The topological polar surface area (TPSA) is 84.7 Å². The van der Waals surface area contributed by atoms with Crippen molar-refractivity contribution in [1.82, 2.24) is 10.1 Å². The third kappa shape index (κ3) is 11.1. The highest BCUT2D eigenvalue weighted by molar-refractivity contribution is 5.93. The van der Waals surface area contributed by atoms with Gasteiger partial charge in [0.05, 0.1) is 12.6 Å². The van der Waals surface area contributed by atoms with Crippen molar-refractivity contribution >= 4 is 17.6 Å². The van der Waals surface area contributed by atoms with E-state index in [0.29, 0.717) is 24.5 Å². The van der Waals surface area contributed by atoms with E-state index in [1.54, 1.807) is 17.9 Å². The molecular formula is C25H43N3O4. The van der Waals surface area contributed by atoms with Gasteiger partial charge in [-0.1, -0.05) is 76.3 Å². The van der Waals surface area contributed by atoms with E-state index in [0.717, 1.165) is 32.3 Å². The minimum absolute atomic E-state index is 0.0165. The summed E-state index contributed by atoms with van der Waals surface area (Å²) >= 11 is 0. The smallest absolute Gasteiger partial charge is 0.245 e. The normalized spacial score (nSPS) is 15.8. The van der Waals surface area contributed by atoms with Gasteiger partial charge in [0, 0.05) is 25.6 Å². The van der Waals surface area contributed by atoms with Crippen LogP contribution >= 0.6 is 0 Å². The van der Waals surface area contributed by atoms with Crippen molar-refractivity contribution < 1.29 is 18.8 Å². The lowest BCUT2D eigenvalue weighted by molar-refractivity contribution is -0.136. The molecule has 7 heteroatoms. The molecular weight excluding hydrogens is 406 g/mol. The molecule has 0 saturated carbocycles. The van der Waals surface area contributed by atoms with E-state index in [1.807, 2.05) is 0 Å². The van der Waals surface area contributed by atoms with Crippen LogP contribution in [0.3, 0.4) is 0 Å². The van der Waals surface area contributed by atoms with E-state index in [2.05, 4.69) is 17.4 Å². The van der Waals surface area contributed by atoms with Crippen LogP contribution < -0.4 is 5.32 Å². The molecule has 1 aromatic heterocycles. The summed E-state index contributed by atoms with van der Waals surface area (Å²) < 4.78 is 10.7. The van der Waals surface area contributed by atoms with Gasteiger partial charge in [-0.15, -0.1) is 0 Å². The van der Waals surface area contributed by atoms with Crippen LogP contribution in [0, 0.1) is 6.92 Å². The number of hydrogen-bond acceptors (Lipinski definition) is 5. The van der Waals surface area contributed by atoms with E-state index in [-0.39, 0.29) is 24.5 Å². The zero-order valence-electron chi connectivity index (χ0n) is 20.2. The molecule has 1 N–H and O–H groups in total. The molecule has 1 fully saturated rings. The minimum Gasteiger partial charge on any atom is -0.376 e. The van der Waals surface area contributed by atoms with Crippen LogP contribution in [0.15, 0.2) is 10.6 Å². The Morgan fingerprint density at radius 2 is 1.72 bits per heavy atom. The molecule has 2 amide bonds. The van der Waals surface area contributed by atoms with Gasteiger partial charge in [0.25, 0.3) is 0 Å². The van der Waals surface area contributed by atoms with Gasteiger partial charge in [0.15, 0.2) is 5.82 Å². The average molecular weight is 450 g/mol. The fraction of sp³-hybridized carbons (Fsp3) is 0.800. The molecule has 0 unspecified atom stereocenters. The Morgan fingerprint density at radius 1 is 1.06 bits per heavy atom. The molecule has 0 spiro atoms. The van der Waals surface area contributed by atoms with Crippen LogP contribution in [0.5, 0.6) is 0 Å². The number of carbonyl (C=O) groups is 2. The van der Waals surface area contributed by atoms with Crippen LogP contribution in [0.1, 0.15) is 103 Å². The third-order valence-corrected chi connectivity index (χ3v) is 6.02. The van der Waals surface area contributed by atoms with E-state index in [4.69, 9.17) is 9.26 Å². The Kier molecular flexibility index (Phi) is 13.0. The minimum atomic E-state index is -0.261. The van der Waals surface area contributed by atoms with Gasteiger partial charge in [-0.2, -0.15) is 0 Å². The first-order valence-corrected chi connectivity index (χ1v) is 12.7. The molecule has 1 aliphatic heterocycles. The summed E-state index contributed by atoms with van der Waals surface area (Å²) in [5, 5.41) is 6.49. The first kappa shape index (κ1) is 26.4. The first-order chi connectivity index (χ1) is 15.6. The van der Waals surface area contributed by atoms with E-state index in [1.165, 1.54) is 57.8 Å². The summed E-state index contributed by atoms with van der Waals surface area (Å²) in [7, 11) is 0. The third-order valence-electron chi connectivity index (χ3n) is 6.02. The molecule has 0 aliphatic carbocycles. The number of aryl methyl sites for hydroxylation is 1. The van der Waals surface area contributed by atoms with Gasteiger partial charge in [-0.25, -0.2) is 0 Å². The molecule has 1 atom stereocenters. The summed E-state index contributed by atoms with van der Waals surface area (Å²) in [4.78, 5) is 26.9. The Labute approximate surface area is 193 Å². The number of nitrogens with zero attached hydrogens (tertiary/aromatic N) is 2. The fourth-order valence-corrected chi connectivity index (χ4v) is 4.17. The zero-order chi connectivity index (χ0) is 23.0. The van der Waals surface area contributed by atoms with Crippen molar-refractivity contribution in [2.24, 2.45) is 0 Å². The van der Waals surface area contributed by atoms with Crippen LogP contribution in [0.4, 0.5) is 5.82 Å². The average Bonchev–Trinajstić information content (AvgIpc) is 3.43. The maximum Gasteiger partial charge on any atom is 0.245 e. The lowest BCUT2D eigenvalue weighted by Crippen LogP contribution is -2.42. The Bertz CT molecular complexity index is 655. The molecule has 2 rings (SSSR count). The van der Waals surface area contributed by atoms with Crippen molar-refractivity contribution in [2.45, 2.75) is 110 Å². The van der Waals surface area contributed by atoms with Crippen molar-refractivity contribution in [1.29, 1.82) is 0 Å². The largest absolute Gasteiger partial charge is 0.376 e. The maximum absolute atomic E-state index is 12.8. The number of unbranched alkanes of at least 4 members (excludes halogenated alkanes) is 10. The predicted octanol–water partition coefficient (Wildman–Crippen LogP) is 5.63. The second kappa shape index (κ2) is 15.8. The molecule has 1 aliphatic rings. The lowest BCUT2D eigenvalue weighted by atomic mass is 10.0. The van der Waals surface area contributed by atoms with Gasteiger partial charge in [-0.3, -0.25) is 9.59 Å². The number of ether oxygens (including phenoxy) is 1. The summed E-state index contributed by atoms with van der Waals surface area (Å²) in [6, 6.07) is 1.66. The van der Waals surface area contributed by atoms with Gasteiger partial charge in [-0.05, 0) is 26.2 Å².